The minimum absolute atomic E-state index is 0.342. The molecule has 294 valence electrons. The van der Waals surface area contributed by atoms with Gasteiger partial charge in [0.05, 0.1) is 13.2 Å². The van der Waals surface area contributed by atoms with E-state index >= 15 is 0 Å². The second kappa shape index (κ2) is 22.8. The van der Waals surface area contributed by atoms with Crippen LogP contribution >= 0.6 is 11.8 Å². The summed E-state index contributed by atoms with van der Waals surface area (Å²) in [7, 11) is 0. The van der Waals surface area contributed by atoms with Crippen molar-refractivity contribution in [2.75, 3.05) is 25.6 Å². The highest BCUT2D eigenvalue weighted by Gasteiger charge is 2.06. The zero-order valence-electron chi connectivity index (χ0n) is 32.9. The Morgan fingerprint density at radius 3 is 1.55 bits per heavy atom. The van der Waals surface area contributed by atoms with Crippen LogP contribution in [0.3, 0.4) is 0 Å². The molecule has 8 heteroatoms. The first-order chi connectivity index (χ1) is 28.3. The summed E-state index contributed by atoms with van der Waals surface area (Å²) in [5.74, 6) is 15.2. The fourth-order valence-electron chi connectivity index (χ4n) is 5.36. The first-order valence-electron chi connectivity index (χ1n) is 18.9. The van der Waals surface area contributed by atoms with Crippen LogP contribution in [0, 0.1) is 37.5 Å². The maximum atomic E-state index is 11.1. The van der Waals surface area contributed by atoms with Gasteiger partial charge in [0.1, 0.15) is 37.1 Å². The fraction of sp³-hybridized carbons (Fsp3) is 0.200. The zero-order chi connectivity index (χ0) is 41.0. The molecule has 58 heavy (non-hydrogen) atoms. The van der Waals surface area contributed by atoms with E-state index < -0.39 is 11.9 Å². The lowest BCUT2D eigenvalue weighted by Gasteiger charge is -2.12. The summed E-state index contributed by atoms with van der Waals surface area (Å²) < 4.78 is 28.1. The van der Waals surface area contributed by atoms with E-state index in [1.807, 2.05) is 123 Å². The Labute approximate surface area is 346 Å². The van der Waals surface area contributed by atoms with Crippen molar-refractivity contribution < 1.29 is 33.3 Å². The lowest BCUT2D eigenvalue weighted by molar-refractivity contribution is -0.138. The van der Waals surface area contributed by atoms with Crippen molar-refractivity contribution >= 4 is 23.7 Å². The molecule has 0 spiro atoms. The molecule has 7 nitrogen and oxygen atoms in total. The SMILES string of the molecule is C=CC(=O)OCCCCOc1ccc(OCc2ccc(C#Cc3ccc(OCc4ccc(C#Cc5ccc(SCCOC(=O)C=C)cc5)cc4)c(C)c3)cc2)c(C)c1. The Morgan fingerprint density at radius 1 is 0.552 bits per heavy atom. The summed E-state index contributed by atoms with van der Waals surface area (Å²) in [6.07, 6.45) is 3.83. The highest BCUT2D eigenvalue weighted by atomic mass is 32.2. The highest BCUT2D eigenvalue weighted by molar-refractivity contribution is 7.99. The fourth-order valence-corrected chi connectivity index (χ4v) is 6.09. The summed E-state index contributed by atoms with van der Waals surface area (Å²) in [6, 6.07) is 35.9. The molecule has 0 heterocycles. The first kappa shape index (κ1) is 42.5. The topological polar surface area (TPSA) is 80.3 Å². The van der Waals surface area contributed by atoms with Crippen LogP contribution in [0.1, 0.15) is 57.3 Å². The highest BCUT2D eigenvalue weighted by Crippen LogP contribution is 2.25. The minimum Gasteiger partial charge on any atom is -0.494 e. The van der Waals surface area contributed by atoms with Crippen LogP contribution in [-0.4, -0.2) is 37.5 Å². The Balaban J connectivity index is 1.03. The number of hydrogen-bond donors (Lipinski definition) is 0. The molecule has 0 fully saturated rings. The average Bonchev–Trinajstić information content (AvgIpc) is 3.25. The number of thioether (sulfide) groups is 1. The smallest absolute Gasteiger partial charge is 0.330 e. The lowest BCUT2D eigenvalue weighted by Crippen LogP contribution is -2.04. The van der Waals surface area contributed by atoms with Crippen LogP contribution in [0.4, 0.5) is 0 Å². The third-order valence-electron chi connectivity index (χ3n) is 8.56. The maximum absolute atomic E-state index is 11.1. The monoisotopic (exact) mass is 790 g/mol. The molecule has 0 amide bonds. The summed E-state index contributed by atoms with van der Waals surface area (Å²) in [5.41, 5.74) is 7.78. The van der Waals surface area contributed by atoms with Gasteiger partial charge in [-0.3, -0.25) is 0 Å². The molecule has 0 saturated carbocycles. The lowest BCUT2D eigenvalue weighted by atomic mass is 10.1. The van der Waals surface area contributed by atoms with Crippen molar-refractivity contribution in [3.63, 3.8) is 0 Å². The third kappa shape index (κ3) is 14.5. The largest absolute Gasteiger partial charge is 0.494 e. The summed E-state index contributed by atoms with van der Waals surface area (Å²) in [5, 5.41) is 0. The number of aryl methyl sites for hydroxylation is 2. The van der Waals surface area contributed by atoms with Gasteiger partial charge in [0, 0.05) is 45.1 Å². The average molecular weight is 791 g/mol. The van der Waals surface area contributed by atoms with Gasteiger partial charge in [-0.25, -0.2) is 9.59 Å². The van der Waals surface area contributed by atoms with E-state index in [4.69, 9.17) is 23.7 Å². The number of benzene rings is 5. The van der Waals surface area contributed by atoms with Crippen LogP contribution in [0.25, 0.3) is 0 Å². The van der Waals surface area contributed by atoms with Gasteiger partial charge in [-0.15, -0.1) is 11.8 Å². The molecular weight excluding hydrogens is 745 g/mol. The quantitative estimate of drug-likeness (QED) is 0.0286. The predicted molar refractivity (Wildman–Crippen MR) is 230 cm³/mol. The van der Waals surface area contributed by atoms with E-state index in [1.165, 1.54) is 6.08 Å². The zero-order valence-corrected chi connectivity index (χ0v) is 33.7. The van der Waals surface area contributed by atoms with Gasteiger partial charge in [-0.1, -0.05) is 61.1 Å². The van der Waals surface area contributed by atoms with Crippen LogP contribution in [0.5, 0.6) is 17.2 Å². The van der Waals surface area contributed by atoms with E-state index in [-0.39, 0.29) is 0 Å². The number of ether oxygens (including phenoxy) is 5. The number of carbonyl (C=O) groups excluding carboxylic acids is 2. The molecule has 0 N–H and O–H groups in total. The molecule has 0 bridgehead atoms. The predicted octanol–water partition coefficient (Wildman–Crippen LogP) is 9.97. The van der Waals surface area contributed by atoms with Crippen molar-refractivity contribution in [1.29, 1.82) is 0 Å². The molecule has 0 atom stereocenters. The van der Waals surface area contributed by atoms with Crippen LogP contribution in [-0.2, 0) is 32.3 Å². The Morgan fingerprint density at radius 2 is 1.02 bits per heavy atom. The van der Waals surface area contributed by atoms with Crippen molar-refractivity contribution in [3.8, 4) is 40.9 Å². The standard InChI is InChI=1S/C50H46O7S/c1-5-49(51)54-30-8-7-29-53-45-24-28-48(38(4)34-45)57-36-44-19-14-40(15-20-44)11-16-42-23-27-47(37(3)33-42)56-35-43-17-12-39(13-18-43)9-10-41-21-25-46(26-22-41)58-32-31-55-50(52)6-2/h5-6,12-15,17-28,33-34H,1-2,7-8,29-32,35-36H2,3-4H3. The first-order valence-corrected chi connectivity index (χ1v) is 19.9. The van der Waals surface area contributed by atoms with E-state index in [2.05, 4.69) is 36.8 Å². The number of rotatable bonds is 18. The van der Waals surface area contributed by atoms with Crippen molar-refractivity contribution in [3.05, 3.63) is 179 Å². The van der Waals surface area contributed by atoms with Crippen LogP contribution < -0.4 is 14.2 Å². The molecule has 0 aliphatic carbocycles. The molecule has 5 aromatic carbocycles. The second-order valence-corrected chi connectivity index (χ2v) is 14.2. The second-order valence-electron chi connectivity index (χ2n) is 13.1. The van der Waals surface area contributed by atoms with Gasteiger partial charge in [0.25, 0.3) is 0 Å². The maximum Gasteiger partial charge on any atom is 0.330 e. The molecule has 5 aromatic rings. The number of esters is 2. The van der Waals surface area contributed by atoms with Crippen molar-refractivity contribution in [2.24, 2.45) is 0 Å². The molecule has 0 saturated heterocycles. The number of unbranched alkanes of at least 4 members (excludes halogenated alkanes) is 1. The molecular formula is C50H46O7S. The van der Waals surface area contributed by atoms with E-state index in [0.29, 0.717) is 38.8 Å². The Hall–Kier alpha value is -6.61. The number of carbonyl (C=O) groups is 2. The van der Waals surface area contributed by atoms with Gasteiger partial charge >= 0.3 is 11.9 Å². The molecule has 0 aromatic heterocycles. The summed E-state index contributed by atoms with van der Waals surface area (Å²) in [6.45, 7) is 12.9. The van der Waals surface area contributed by atoms with Crippen LogP contribution in [0.15, 0.2) is 139 Å². The van der Waals surface area contributed by atoms with Gasteiger partial charge in [0.15, 0.2) is 0 Å². The minimum atomic E-state index is -0.406. The van der Waals surface area contributed by atoms with Crippen LogP contribution in [0.2, 0.25) is 0 Å². The van der Waals surface area contributed by atoms with E-state index in [1.54, 1.807) is 11.8 Å². The third-order valence-corrected chi connectivity index (χ3v) is 9.53. The molecule has 0 radical (unpaired) electrons. The van der Waals surface area contributed by atoms with E-state index in [0.717, 1.165) is 85.6 Å². The molecule has 0 aliphatic rings. The normalized spacial score (nSPS) is 10.2. The molecule has 5 rings (SSSR count). The summed E-state index contributed by atoms with van der Waals surface area (Å²) >= 11 is 1.62. The number of hydrogen-bond acceptors (Lipinski definition) is 8. The van der Waals surface area contributed by atoms with Crippen molar-refractivity contribution in [1.82, 2.24) is 0 Å². The van der Waals surface area contributed by atoms with Gasteiger partial charge < -0.3 is 23.7 Å². The molecule has 0 aliphatic heterocycles. The van der Waals surface area contributed by atoms with Gasteiger partial charge in [-0.2, -0.15) is 0 Å². The van der Waals surface area contributed by atoms with Gasteiger partial charge in [-0.05, 0) is 134 Å². The van der Waals surface area contributed by atoms with Crippen molar-refractivity contribution in [2.45, 2.75) is 44.8 Å². The van der Waals surface area contributed by atoms with Gasteiger partial charge in [0.2, 0.25) is 0 Å². The Bertz CT molecular complexity index is 2290. The van der Waals surface area contributed by atoms with E-state index in [9.17, 15) is 9.59 Å². The molecule has 0 unspecified atom stereocenters. The summed E-state index contributed by atoms with van der Waals surface area (Å²) in [4.78, 5) is 23.3. The Kier molecular flexibility index (Phi) is 16.7.